The van der Waals surface area contributed by atoms with Crippen LogP contribution >= 0.6 is 22.6 Å². The average Bonchev–Trinajstić information content (AvgIpc) is 1.94. The molecule has 0 aromatic heterocycles. The minimum absolute atomic E-state index is 0.814. The normalized spacial score (nSPS) is 12.7. The Morgan fingerprint density at radius 2 is 1.75 bits per heavy atom. The first kappa shape index (κ1) is 12.7. The molecule has 0 aliphatic carbocycles. The van der Waals surface area contributed by atoms with Crippen molar-refractivity contribution in [2.24, 2.45) is 0 Å². The van der Waals surface area contributed by atoms with E-state index in [-0.39, 0.29) is 0 Å². The third-order valence-electron chi connectivity index (χ3n) is 1.65. The van der Waals surface area contributed by atoms with E-state index >= 15 is 0 Å². The van der Waals surface area contributed by atoms with Crippen LogP contribution in [0, 0.1) is 0 Å². The molecule has 2 heteroatoms. The highest BCUT2D eigenvalue weighted by molar-refractivity contribution is 14.1. The van der Waals surface area contributed by atoms with Gasteiger partial charge in [0.05, 0.1) is 0 Å². The summed E-state index contributed by atoms with van der Waals surface area (Å²) in [4.78, 5) is 0. The molecule has 0 amide bonds. The molecule has 0 N–H and O–H groups in total. The highest BCUT2D eigenvalue weighted by Gasteiger charge is 2.08. The first-order chi connectivity index (χ1) is 5.56. The van der Waals surface area contributed by atoms with Crippen LogP contribution in [-0.2, 0) is 0 Å². The molecule has 0 unspecified atom stereocenters. The van der Waals surface area contributed by atoms with Gasteiger partial charge in [0.2, 0.25) is 0 Å². The number of halogens is 1. The minimum atomic E-state index is -0.814. The van der Waals surface area contributed by atoms with Crippen LogP contribution in [0.15, 0.2) is 12.2 Å². The molecule has 0 saturated heterocycles. The topological polar surface area (TPSA) is 0 Å². The Morgan fingerprint density at radius 1 is 1.08 bits per heavy atom. The smallest absolute Gasteiger partial charge is 0.0480 e. The van der Waals surface area contributed by atoms with Crippen LogP contribution in [-0.4, -0.2) is 12.5 Å². The largest absolute Gasteiger partial charge is 0.0912 e. The molecule has 0 aliphatic rings. The molecule has 0 aliphatic heterocycles. The summed E-state index contributed by atoms with van der Waals surface area (Å²) >= 11 is 2.44. The van der Waals surface area contributed by atoms with Gasteiger partial charge in [-0.1, -0.05) is 54.4 Å². The van der Waals surface area contributed by atoms with Crippen molar-refractivity contribution in [1.82, 2.24) is 0 Å². The number of hydrogen-bond donors (Lipinski definition) is 0. The Bertz CT molecular complexity index is 124. The van der Waals surface area contributed by atoms with Gasteiger partial charge in [-0.2, -0.15) is 0 Å². The lowest BCUT2D eigenvalue weighted by atomic mass is 10.2. The molecular weight excluding hydrogens is 275 g/mol. The van der Waals surface area contributed by atoms with Crippen LogP contribution in [0.1, 0.15) is 19.3 Å². The fraction of sp³-hybridized carbons (Fsp3) is 0.800. The van der Waals surface area contributed by atoms with Crippen molar-refractivity contribution in [2.75, 3.05) is 4.43 Å². The highest BCUT2D eigenvalue weighted by Crippen LogP contribution is 2.09. The molecule has 0 spiro atoms. The van der Waals surface area contributed by atoms with Crippen molar-refractivity contribution in [3.63, 3.8) is 0 Å². The molecule has 0 bridgehead atoms. The molecule has 0 rings (SSSR count). The van der Waals surface area contributed by atoms with E-state index in [4.69, 9.17) is 0 Å². The van der Waals surface area contributed by atoms with Crippen LogP contribution < -0.4 is 0 Å². The van der Waals surface area contributed by atoms with Crippen molar-refractivity contribution < 1.29 is 0 Å². The Hall–Kier alpha value is 0.687. The lowest BCUT2D eigenvalue weighted by Gasteiger charge is -2.11. The highest BCUT2D eigenvalue weighted by atomic mass is 127. The van der Waals surface area contributed by atoms with Crippen molar-refractivity contribution in [1.29, 1.82) is 0 Å². The van der Waals surface area contributed by atoms with Crippen LogP contribution in [0.25, 0.3) is 0 Å². The fourth-order valence-corrected chi connectivity index (χ4v) is 2.32. The van der Waals surface area contributed by atoms with Crippen LogP contribution in [0.3, 0.4) is 0 Å². The molecule has 72 valence electrons. The van der Waals surface area contributed by atoms with Crippen molar-refractivity contribution in [3.05, 3.63) is 12.2 Å². The summed E-state index contributed by atoms with van der Waals surface area (Å²) in [6.07, 6.45) is 8.78. The van der Waals surface area contributed by atoms with Crippen molar-refractivity contribution >= 4 is 30.7 Å². The maximum Gasteiger partial charge on any atom is 0.0480 e. The van der Waals surface area contributed by atoms with Gasteiger partial charge in [-0.05, 0) is 29.7 Å². The molecule has 0 radical (unpaired) electrons. The number of unbranched alkanes of at least 4 members (excludes halogenated alkanes) is 2. The minimum Gasteiger partial charge on any atom is -0.0912 e. The van der Waals surface area contributed by atoms with E-state index in [1.807, 2.05) is 0 Å². The molecule has 0 aromatic carbocycles. The fourth-order valence-electron chi connectivity index (χ4n) is 0.911. The quantitative estimate of drug-likeness (QED) is 0.223. The maximum absolute atomic E-state index is 2.44. The first-order valence-electron chi connectivity index (χ1n) is 4.77. The van der Waals surface area contributed by atoms with E-state index in [0.29, 0.717) is 0 Å². The first-order valence-corrected chi connectivity index (χ1v) is 10.0. The summed E-state index contributed by atoms with van der Waals surface area (Å²) < 4.78 is 1.31. The van der Waals surface area contributed by atoms with Crippen molar-refractivity contribution in [2.45, 2.75) is 44.9 Å². The summed E-state index contributed by atoms with van der Waals surface area (Å²) in [7, 11) is -0.814. The van der Waals surface area contributed by atoms with E-state index in [9.17, 15) is 0 Å². The Kier molecular flexibility index (Phi) is 7.53. The van der Waals surface area contributed by atoms with E-state index < -0.39 is 8.07 Å². The zero-order chi connectivity index (χ0) is 9.45. The van der Waals surface area contributed by atoms with Gasteiger partial charge in [0.25, 0.3) is 0 Å². The van der Waals surface area contributed by atoms with Crippen LogP contribution in [0.4, 0.5) is 0 Å². The third-order valence-corrected chi connectivity index (χ3v) is 3.87. The molecule has 12 heavy (non-hydrogen) atoms. The lowest BCUT2D eigenvalue weighted by Crippen LogP contribution is -2.17. The molecule has 0 atom stereocenters. The molecule has 0 nitrogen and oxygen atoms in total. The molecule has 0 fully saturated rings. The van der Waals surface area contributed by atoms with E-state index in [1.54, 1.807) is 0 Å². The van der Waals surface area contributed by atoms with Gasteiger partial charge >= 0.3 is 0 Å². The molecule has 0 heterocycles. The van der Waals surface area contributed by atoms with Gasteiger partial charge in [0.15, 0.2) is 0 Å². The monoisotopic (exact) mass is 296 g/mol. The number of allylic oxidation sites excluding steroid dienone is 2. The number of rotatable bonds is 6. The van der Waals surface area contributed by atoms with E-state index in [2.05, 4.69) is 54.4 Å². The summed E-state index contributed by atoms with van der Waals surface area (Å²) in [5, 5.41) is 0. The second kappa shape index (κ2) is 7.13. The van der Waals surface area contributed by atoms with Crippen LogP contribution in [0.5, 0.6) is 0 Å². The Morgan fingerprint density at radius 3 is 2.25 bits per heavy atom. The molecular formula is C10H21ISi. The van der Waals surface area contributed by atoms with Gasteiger partial charge in [0.1, 0.15) is 0 Å². The summed E-state index contributed by atoms with van der Waals surface area (Å²) in [6, 6.07) is 1.34. The number of alkyl halides is 1. The van der Waals surface area contributed by atoms with E-state index in [0.717, 1.165) is 0 Å². The maximum atomic E-state index is 2.44. The van der Waals surface area contributed by atoms with Gasteiger partial charge in [-0.3, -0.25) is 0 Å². The van der Waals surface area contributed by atoms with Gasteiger partial charge < -0.3 is 0 Å². The Labute approximate surface area is 92.0 Å². The standard InChI is InChI=1S/C10H21ISi/c1-12(2,3)10-8-6-4-5-7-9-11/h6,8H,4-5,7,9-10H2,1-3H3/b8-6-. The average molecular weight is 296 g/mol. The molecule has 0 aromatic rings. The second-order valence-electron chi connectivity index (χ2n) is 4.42. The van der Waals surface area contributed by atoms with Gasteiger partial charge in [-0.25, -0.2) is 0 Å². The van der Waals surface area contributed by atoms with Gasteiger partial charge in [-0.15, -0.1) is 0 Å². The Balaban J connectivity index is 3.26. The SMILES string of the molecule is C[Si](C)(C)C/C=C\CCCCI. The number of hydrogen-bond acceptors (Lipinski definition) is 0. The summed E-state index contributed by atoms with van der Waals surface area (Å²) in [6.45, 7) is 7.26. The zero-order valence-corrected chi connectivity index (χ0v) is 11.7. The van der Waals surface area contributed by atoms with E-state index in [1.165, 1.54) is 29.7 Å². The van der Waals surface area contributed by atoms with Crippen molar-refractivity contribution in [3.8, 4) is 0 Å². The molecule has 0 saturated carbocycles. The van der Waals surface area contributed by atoms with Crippen LogP contribution in [0.2, 0.25) is 25.7 Å². The predicted molar refractivity (Wildman–Crippen MR) is 70.0 cm³/mol. The predicted octanol–water partition coefficient (Wildman–Crippen LogP) is 4.49. The third kappa shape index (κ3) is 10.7. The summed E-state index contributed by atoms with van der Waals surface area (Å²) in [5.41, 5.74) is 0. The summed E-state index contributed by atoms with van der Waals surface area (Å²) in [5.74, 6) is 0. The zero-order valence-electron chi connectivity index (χ0n) is 8.57. The second-order valence-corrected chi connectivity index (χ2v) is 11.0. The lowest BCUT2D eigenvalue weighted by molar-refractivity contribution is 0.830. The van der Waals surface area contributed by atoms with Gasteiger partial charge in [0, 0.05) is 8.07 Å².